The third-order valence-corrected chi connectivity index (χ3v) is 7.13. The molecule has 0 saturated carbocycles. The van der Waals surface area contributed by atoms with Gasteiger partial charge in [0.05, 0.1) is 35.3 Å². The molecule has 0 unspecified atom stereocenters. The third-order valence-electron chi connectivity index (χ3n) is 4.71. The van der Waals surface area contributed by atoms with Crippen molar-refractivity contribution in [2.24, 2.45) is 0 Å². The number of ether oxygens (including phenoxy) is 2. The lowest BCUT2D eigenvalue weighted by Crippen LogP contribution is -2.35. The summed E-state index contributed by atoms with van der Waals surface area (Å²) in [6.45, 7) is 4.31. The van der Waals surface area contributed by atoms with E-state index in [0.717, 1.165) is 17.5 Å². The third kappa shape index (κ3) is 6.04. The standard InChI is InChI=1S/C13H16ClIN4O3.C6H2BrClIN3/c1-13(2)21-6-9(22-13)8(20)4-16-7-3-10(14)18-19-11(15)5-17-12(7)19;7-3-1-4(8)11-12-5(9)2-10-6(3)12/h3,5,8-9,16,20H,4,6H2,1-2H3;1-2H/t8-,9+;/m0./s1. The summed E-state index contributed by atoms with van der Waals surface area (Å²) in [5.41, 5.74) is 2.15. The van der Waals surface area contributed by atoms with Gasteiger partial charge in [0, 0.05) is 12.6 Å². The lowest BCUT2D eigenvalue weighted by molar-refractivity contribution is -0.149. The van der Waals surface area contributed by atoms with Crippen LogP contribution in [0.1, 0.15) is 13.8 Å². The molecule has 1 aliphatic rings. The van der Waals surface area contributed by atoms with Crippen molar-refractivity contribution in [3.05, 3.63) is 46.7 Å². The van der Waals surface area contributed by atoms with E-state index in [2.05, 4.69) is 86.6 Å². The van der Waals surface area contributed by atoms with Crippen molar-refractivity contribution in [3.63, 3.8) is 0 Å². The molecule has 0 aliphatic carbocycles. The van der Waals surface area contributed by atoms with Gasteiger partial charge in [0.1, 0.15) is 13.5 Å². The van der Waals surface area contributed by atoms with Crippen LogP contribution >= 0.6 is 84.3 Å². The van der Waals surface area contributed by atoms with Crippen LogP contribution in [0.2, 0.25) is 10.3 Å². The topological polar surface area (TPSA) is 111 Å². The molecule has 0 radical (unpaired) electrons. The summed E-state index contributed by atoms with van der Waals surface area (Å²) in [6, 6.07) is 3.41. The second-order valence-electron chi connectivity index (χ2n) is 7.64. The Balaban J connectivity index is 0.000000192. The number of hydrogen-bond acceptors (Lipinski definition) is 8. The van der Waals surface area contributed by atoms with E-state index in [1.807, 2.05) is 13.8 Å². The quantitative estimate of drug-likeness (QED) is 0.288. The van der Waals surface area contributed by atoms with Crippen LogP contribution in [0.3, 0.4) is 0 Å². The van der Waals surface area contributed by atoms with E-state index in [1.165, 1.54) is 0 Å². The highest BCUT2D eigenvalue weighted by Crippen LogP contribution is 2.25. The molecule has 0 spiro atoms. The molecule has 15 heteroatoms. The zero-order valence-electron chi connectivity index (χ0n) is 17.7. The van der Waals surface area contributed by atoms with Crippen molar-refractivity contribution < 1.29 is 14.6 Å². The second kappa shape index (κ2) is 10.8. The monoisotopic (exact) mass is 795 g/mol. The zero-order valence-corrected chi connectivity index (χ0v) is 25.1. The Morgan fingerprint density at radius 1 is 1.15 bits per heavy atom. The van der Waals surface area contributed by atoms with E-state index in [0.29, 0.717) is 34.8 Å². The van der Waals surface area contributed by atoms with Crippen LogP contribution in [0.5, 0.6) is 0 Å². The molecule has 0 amide bonds. The van der Waals surface area contributed by atoms with Crippen molar-refractivity contribution in [1.29, 1.82) is 0 Å². The molecule has 0 bridgehead atoms. The predicted octanol–water partition coefficient (Wildman–Crippen LogP) is 4.66. The van der Waals surface area contributed by atoms with Crippen LogP contribution in [-0.4, -0.2) is 65.4 Å². The molecule has 4 aromatic rings. The minimum absolute atomic E-state index is 0.295. The number of nitrogens with zero attached hydrogens (tertiary/aromatic N) is 6. The number of nitrogens with one attached hydrogen (secondary N) is 1. The molecule has 2 N–H and O–H groups in total. The van der Waals surface area contributed by atoms with Crippen LogP contribution < -0.4 is 5.32 Å². The van der Waals surface area contributed by atoms with E-state index < -0.39 is 11.9 Å². The highest BCUT2D eigenvalue weighted by molar-refractivity contribution is 14.1. The van der Waals surface area contributed by atoms with Gasteiger partial charge in [-0.1, -0.05) is 23.2 Å². The molecule has 5 heterocycles. The lowest BCUT2D eigenvalue weighted by Gasteiger charge is -2.21. The van der Waals surface area contributed by atoms with E-state index in [9.17, 15) is 5.11 Å². The van der Waals surface area contributed by atoms with Crippen molar-refractivity contribution >= 4 is 101 Å². The van der Waals surface area contributed by atoms with Gasteiger partial charge in [0.25, 0.3) is 0 Å². The largest absolute Gasteiger partial charge is 0.388 e. The molecule has 10 nitrogen and oxygen atoms in total. The molecule has 1 fully saturated rings. The number of aromatic nitrogens is 6. The molecular weight excluding hydrogens is 779 g/mol. The van der Waals surface area contributed by atoms with E-state index >= 15 is 0 Å². The summed E-state index contributed by atoms with van der Waals surface area (Å²) < 4.78 is 17.1. The minimum atomic E-state index is -0.706. The van der Waals surface area contributed by atoms with Crippen LogP contribution in [-0.2, 0) is 9.47 Å². The number of rotatable bonds is 4. The first-order chi connectivity index (χ1) is 16.0. The Bertz CT molecular complexity index is 1340. The number of fused-ring (bicyclic) bond motifs is 2. The SMILES string of the molecule is CC1(C)OC[C@H]([C@@H](O)CNc2cc(Cl)nn3c(I)cnc23)O1.Clc1cc(Br)c2ncc(I)n2n1. The maximum Gasteiger partial charge on any atom is 0.178 e. The number of anilines is 1. The molecule has 1 aliphatic heterocycles. The average Bonchev–Trinajstić information content (AvgIpc) is 3.44. The maximum absolute atomic E-state index is 10.2. The normalized spacial score (nSPS) is 18.2. The molecule has 1 saturated heterocycles. The van der Waals surface area contributed by atoms with Crippen molar-refractivity contribution in [1.82, 2.24) is 29.2 Å². The van der Waals surface area contributed by atoms with E-state index in [4.69, 9.17) is 32.7 Å². The number of aliphatic hydroxyl groups excluding tert-OH is 1. The summed E-state index contributed by atoms with van der Waals surface area (Å²) >= 11 is 19.4. The van der Waals surface area contributed by atoms with Gasteiger partial charge in [0.2, 0.25) is 0 Å². The number of hydrogen-bond donors (Lipinski definition) is 2. The molecule has 2 atom stereocenters. The summed E-state index contributed by atoms with van der Waals surface area (Å²) in [6.07, 6.45) is 2.37. The average molecular weight is 797 g/mol. The fraction of sp³-hybridized carbons (Fsp3) is 0.368. The molecule has 5 rings (SSSR count). The van der Waals surface area contributed by atoms with E-state index in [-0.39, 0.29) is 6.10 Å². The summed E-state index contributed by atoms with van der Waals surface area (Å²) in [5.74, 6) is -0.655. The van der Waals surface area contributed by atoms with Gasteiger partial charge in [-0.25, -0.2) is 19.0 Å². The van der Waals surface area contributed by atoms with Crippen molar-refractivity contribution in [2.45, 2.75) is 31.8 Å². The Kier molecular flexibility index (Phi) is 8.43. The van der Waals surface area contributed by atoms with Gasteiger partial charge in [-0.15, -0.1) is 0 Å². The molecule has 182 valence electrons. The summed E-state index contributed by atoms with van der Waals surface area (Å²) in [7, 11) is 0. The maximum atomic E-state index is 10.2. The number of halogens is 5. The highest BCUT2D eigenvalue weighted by Gasteiger charge is 2.36. The van der Waals surface area contributed by atoms with Crippen molar-refractivity contribution in [3.8, 4) is 0 Å². The van der Waals surface area contributed by atoms with Gasteiger partial charge < -0.3 is 19.9 Å². The first kappa shape index (κ1) is 26.5. The molecule has 0 aromatic carbocycles. The Hall–Kier alpha value is -0.560. The molecule has 4 aromatic heterocycles. The first-order valence-corrected chi connectivity index (χ1v) is 13.5. The molecular formula is C19H18BrCl2I2N7O3. The fourth-order valence-corrected chi connectivity index (χ4v) is 5.11. The Labute approximate surface area is 240 Å². The van der Waals surface area contributed by atoms with Gasteiger partial charge in [-0.05, 0) is 81.0 Å². The van der Waals surface area contributed by atoms with Gasteiger partial charge in [0.15, 0.2) is 27.4 Å². The van der Waals surface area contributed by atoms with Gasteiger partial charge in [-0.2, -0.15) is 10.2 Å². The fourth-order valence-electron chi connectivity index (χ4n) is 3.17. The smallest absolute Gasteiger partial charge is 0.178 e. The first-order valence-electron chi connectivity index (χ1n) is 9.83. The zero-order chi connectivity index (χ0) is 24.6. The van der Waals surface area contributed by atoms with Gasteiger partial charge in [-0.3, -0.25) is 0 Å². The summed E-state index contributed by atoms with van der Waals surface area (Å²) in [5, 5.41) is 22.5. The predicted molar refractivity (Wildman–Crippen MR) is 149 cm³/mol. The van der Waals surface area contributed by atoms with E-state index in [1.54, 1.807) is 33.6 Å². The highest BCUT2D eigenvalue weighted by atomic mass is 127. The lowest BCUT2D eigenvalue weighted by atomic mass is 10.2. The Morgan fingerprint density at radius 2 is 1.74 bits per heavy atom. The van der Waals surface area contributed by atoms with Crippen LogP contribution in [0.25, 0.3) is 11.3 Å². The molecule has 34 heavy (non-hydrogen) atoms. The van der Waals surface area contributed by atoms with Gasteiger partial charge >= 0.3 is 0 Å². The van der Waals surface area contributed by atoms with Crippen LogP contribution in [0, 0.1) is 7.40 Å². The second-order valence-corrected chi connectivity index (χ2v) is 11.5. The Morgan fingerprint density at radius 3 is 2.35 bits per heavy atom. The van der Waals surface area contributed by atoms with Crippen LogP contribution in [0.4, 0.5) is 5.69 Å². The summed E-state index contributed by atoms with van der Waals surface area (Å²) in [4.78, 5) is 8.44. The minimum Gasteiger partial charge on any atom is -0.388 e. The number of imidazole rings is 2. The number of aliphatic hydroxyl groups is 1. The van der Waals surface area contributed by atoms with Crippen LogP contribution in [0.15, 0.2) is 29.0 Å². The van der Waals surface area contributed by atoms with Crippen molar-refractivity contribution in [2.75, 3.05) is 18.5 Å².